The fourth-order valence-electron chi connectivity index (χ4n) is 0.825. The van der Waals surface area contributed by atoms with Crippen LogP contribution in [0.25, 0.3) is 0 Å². The van der Waals surface area contributed by atoms with E-state index in [0.717, 1.165) is 13.0 Å². The molecular weight excluding hydrogens is 124 g/mol. The Morgan fingerprint density at radius 1 is 1.40 bits per heavy atom. The molecular formula is C8H18N2. The smallest absolute Gasteiger partial charge is 0.00276 e. The molecule has 0 heterocycles. The van der Waals surface area contributed by atoms with Gasteiger partial charge in [0.15, 0.2) is 0 Å². The fourth-order valence-corrected chi connectivity index (χ4v) is 0.825. The molecule has 0 aromatic heterocycles. The molecule has 0 bridgehead atoms. The Hall–Kier alpha value is -0.370. The minimum Gasteiger partial charge on any atom is -0.313 e. The Labute approximate surface area is 63.7 Å². The minimum atomic E-state index is 0.889. The second-order valence-electron chi connectivity index (χ2n) is 2.65. The molecule has 0 fully saturated rings. The highest BCUT2D eigenvalue weighted by Crippen LogP contribution is 1.91. The quantitative estimate of drug-likeness (QED) is 0.562. The molecule has 0 aromatic carbocycles. The Kier molecular flexibility index (Phi) is 6.50. The van der Waals surface area contributed by atoms with Crippen LogP contribution in [0.3, 0.4) is 0 Å². The third-order valence-corrected chi connectivity index (χ3v) is 1.55. The zero-order chi connectivity index (χ0) is 7.82. The predicted octanol–water partition coefficient (Wildman–Crippen LogP) is 1.76. The summed E-state index contributed by atoms with van der Waals surface area (Å²) in [5, 5.41) is 6.82. The first-order valence-corrected chi connectivity index (χ1v) is 3.98. The summed E-state index contributed by atoms with van der Waals surface area (Å²) in [6, 6.07) is 0. The van der Waals surface area contributed by atoms with Gasteiger partial charge in [0.25, 0.3) is 0 Å². The van der Waals surface area contributed by atoms with Gasteiger partial charge in [0, 0.05) is 6.54 Å². The molecule has 0 saturated carbocycles. The lowest BCUT2D eigenvalue weighted by Crippen LogP contribution is -2.20. The van der Waals surface area contributed by atoms with Crippen LogP contribution in [0, 0.1) is 5.41 Å². The summed E-state index contributed by atoms with van der Waals surface area (Å²) in [6.45, 7) is 4.40. The standard InChI is InChI=1S/C8H18N2/c1-3-4-7-10(2)8-5-6-9/h6,9H,3-5,7-8H2,1-2H3. The van der Waals surface area contributed by atoms with Crippen molar-refractivity contribution >= 4 is 6.21 Å². The maximum atomic E-state index is 6.82. The molecule has 0 rings (SSSR count). The fraction of sp³-hybridized carbons (Fsp3) is 0.875. The Bertz CT molecular complexity index is 81.3. The average molecular weight is 142 g/mol. The number of rotatable bonds is 6. The summed E-state index contributed by atoms with van der Waals surface area (Å²) in [4.78, 5) is 2.27. The molecule has 0 unspecified atom stereocenters. The van der Waals surface area contributed by atoms with Crippen molar-refractivity contribution in [2.45, 2.75) is 26.2 Å². The molecule has 0 radical (unpaired) electrons. The lowest BCUT2D eigenvalue weighted by Gasteiger charge is -2.13. The molecule has 0 aliphatic rings. The second-order valence-corrected chi connectivity index (χ2v) is 2.65. The van der Waals surface area contributed by atoms with E-state index >= 15 is 0 Å². The SMILES string of the molecule is CCCCN(C)CCC=N. The molecule has 0 aromatic rings. The van der Waals surface area contributed by atoms with Gasteiger partial charge in [-0.3, -0.25) is 0 Å². The third-order valence-electron chi connectivity index (χ3n) is 1.55. The van der Waals surface area contributed by atoms with Gasteiger partial charge in [0.05, 0.1) is 0 Å². The van der Waals surface area contributed by atoms with Crippen molar-refractivity contribution in [2.24, 2.45) is 0 Å². The van der Waals surface area contributed by atoms with E-state index in [2.05, 4.69) is 18.9 Å². The van der Waals surface area contributed by atoms with Gasteiger partial charge in [-0.05, 0) is 32.6 Å². The van der Waals surface area contributed by atoms with E-state index in [1.807, 2.05) is 0 Å². The number of hydrogen-bond acceptors (Lipinski definition) is 2. The van der Waals surface area contributed by atoms with Gasteiger partial charge >= 0.3 is 0 Å². The van der Waals surface area contributed by atoms with E-state index in [1.165, 1.54) is 25.6 Å². The van der Waals surface area contributed by atoms with E-state index in [1.54, 1.807) is 0 Å². The van der Waals surface area contributed by atoms with Crippen LogP contribution in [0.2, 0.25) is 0 Å². The minimum absolute atomic E-state index is 0.889. The Balaban J connectivity index is 3.07. The average Bonchev–Trinajstić information content (AvgIpc) is 1.97. The highest BCUT2D eigenvalue weighted by atomic mass is 15.1. The van der Waals surface area contributed by atoms with Gasteiger partial charge in [-0.15, -0.1) is 0 Å². The van der Waals surface area contributed by atoms with Gasteiger partial charge in [-0.2, -0.15) is 0 Å². The Morgan fingerprint density at radius 3 is 2.60 bits per heavy atom. The monoisotopic (exact) mass is 142 g/mol. The van der Waals surface area contributed by atoms with Crippen LogP contribution >= 0.6 is 0 Å². The van der Waals surface area contributed by atoms with Crippen molar-refractivity contribution < 1.29 is 0 Å². The van der Waals surface area contributed by atoms with Crippen molar-refractivity contribution in [3.8, 4) is 0 Å². The first kappa shape index (κ1) is 9.63. The molecule has 0 aliphatic heterocycles. The number of nitrogens with zero attached hydrogens (tertiary/aromatic N) is 1. The van der Waals surface area contributed by atoms with E-state index < -0.39 is 0 Å². The first-order chi connectivity index (χ1) is 4.81. The summed E-state index contributed by atoms with van der Waals surface area (Å²) in [5.74, 6) is 0. The zero-order valence-electron chi connectivity index (χ0n) is 7.06. The van der Waals surface area contributed by atoms with E-state index in [9.17, 15) is 0 Å². The molecule has 0 amide bonds. The van der Waals surface area contributed by atoms with Gasteiger partial charge < -0.3 is 10.3 Å². The van der Waals surface area contributed by atoms with Gasteiger partial charge in [0.1, 0.15) is 0 Å². The maximum absolute atomic E-state index is 6.82. The lowest BCUT2D eigenvalue weighted by molar-refractivity contribution is 0.338. The normalized spacial score (nSPS) is 10.3. The molecule has 2 nitrogen and oxygen atoms in total. The van der Waals surface area contributed by atoms with E-state index in [4.69, 9.17) is 5.41 Å². The summed E-state index contributed by atoms with van der Waals surface area (Å²) >= 11 is 0. The van der Waals surface area contributed by atoms with Crippen molar-refractivity contribution in [2.75, 3.05) is 20.1 Å². The highest BCUT2D eigenvalue weighted by molar-refractivity contribution is 5.52. The Morgan fingerprint density at radius 2 is 2.10 bits per heavy atom. The molecule has 0 saturated heterocycles. The van der Waals surface area contributed by atoms with Gasteiger partial charge in [-0.1, -0.05) is 13.3 Å². The molecule has 60 valence electrons. The molecule has 0 aliphatic carbocycles. The van der Waals surface area contributed by atoms with Crippen molar-refractivity contribution in [3.63, 3.8) is 0 Å². The van der Waals surface area contributed by atoms with Crippen LogP contribution in [-0.4, -0.2) is 31.3 Å². The summed E-state index contributed by atoms with van der Waals surface area (Å²) in [5.41, 5.74) is 0. The highest BCUT2D eigenvalue weighted by Gasteiger charge is 1.93. The van der Waals surface area contributed by atoms with E-state index in [-0.39, 0.29) is 0 Å². The largest absolute Gasteiger partial charge is 0.313 e. The first-order valence-electron chi connectivity index (χ1n) is 3.98. The molecule has 1 N–H and O–H groups in total. The van der Waals surface area contributed by atoms with Crippen LogP contribution in [0.1, 0.15) is 26.2 Å². The molecule has 0 spiro atoms. The summed E-state index contributed by atoms with van der Waals surface area (Å²) in [7, 11) is 2.11. The molecule has 10 heavy (non-hydrogen) atoms. The second kappa shape index (κ2) is 6.75. The topological polar surface area (TPSA) is 27.1 Å². The van der Waals surface area contributed by atoms with E-state index in [0.29, 0.717) is 0 Å². The zero-order valence-corrected chi connectivity index (χ0v) is 7.06. The maximum Gasteiger partial charge on any atom is 0.00276 e. The number of unbranched alkanes of at least 4 members (excludes halogenated alkanes) is 1. The number of hydrogen-bond donors (Lipinski definition) is 1. The molecule has 0 atom stereocenters. The van der Waals surface area contributed by atoms with Gasteiger partial charge in [-0.25, -0.2) is 0 Å². The van der Waals surface area contributed by atoms with Crippen LogP contribution < -0.4 is 0 Å². The summed E-state index contributed by atoms with van der Waals surface area (Å²) in [6.07, 6.45) is 4.89. The van der Waals surface area contributed by atoms with Crippen LogP contribution in [0.4, 0.5) is 0 Å². The summed E-state index contributed by atoms with van der Waals surface area (Å²) < 4.78 is 0. The van der Waals surface area contributed by atoms with Gasteiger partial charge in [0.2, 0.25) is 0 Å². The van der Waals surface area contributed by atoms with Crippen molar-refractivity contribution in [3.05, 3.63) is 0 Å². The van der Waals surface area contributed by atoms with Crippen molar-refractivity contribution in [1.82, 2.24) is 4.90 Å². The van der Waals surface area contributed by atoms with Crippen LogP contribution in [-0.2, 0) is 0 Å². The third kappa shape index (κ3) is 5.76. The molecule has 2 heteroatoms. The van der Waals surface area contributed by atoms with Crippen LogP contribution in [0.5, 0.6) is 0 Å². The lowest BCUT2D eigenvalue weighted by atomic mass is 10.3. The number of nitrogens with one attached hydrogen (secondary N) is 1. The van der Waals surface area contributed by atoms with Crippen LogP contribution in [0.15, 0.2) is 0 Å². The van der Waals surface area contributed by atoms with Crippen molar-refractivity contribution in [1.29, 1.82) is 5.41 Å². The predicted molar refractivity (Wildman–Crippen MR) is 45.8 cm³/mol.